The quantitative estimate of drug-likeness (QED) is 0.716. The first-order chi connectivity index (χ1) is 7.69. The van der Waals surface area contributed by atoms with E-state index >= 15 is 0 Å². The van der Waals surface area contributed by atoms with Gasteiger partial charge in [0.2, 0.25) is 0 Å². The number of likely N-dealkylation sites (N-methyl/N-ethyl adjacent to an activating group) is 1. The van der Waals surface area contributed by atoms with Crippen molar-refractivity contribution in [2.24, 2.45) is 5.18 Å². The molecule has 1 aliphatic heterocycles. The summed E-state index contributed by atoms with van der Waals surface area (Å²) in [5, 5.41) is 7.18. The topological polar surface area (TPSA) is 59.7 Å². The van der Waals surface area contributed by atoms with Gasteiger partial charge in [0.1, 0.15) is 0 Å². The second-order valence-corrected chi connectivity index (χ2v) is 4.17. The van der Waals surface area contributed by atoms with E-state index < -0.39 is 0 Å². The molecule has 0 bridgehead atoms. The molecule has 2 rings (SSSR count). The summed E-state index contributed by atoms with van der Waals surface area (Å²) >= 11 is 0. The summed E-state index contributed by atoms with van der Waals surface area (Å²) in [4.78, 5) is 12.8. The highest BCUT2D eigenvalue weighted by atomic mass is 16.5. The van der Waals surface area contributed by atoms with E-state index in [0.29, 0.717) is 12.4 Å². The van der Waals surface area contributed by atoms with Crippen molar-refractivity contribution >= 4 is 5.82 Å². The van der Waals surface area contributed by atoms with Gasteiger partial charge in [0.05, 0.1) is 24.9 Å². The zero-order chi connectivity index (χ0) is 11.5. The molecular formula is C10H16N4O2. The zero-order valence-corrected chi connectivity index (χ0v) is 9.59. The van der Waals surface area contributed by atoms with Crippen LogP contribution in [0.3, 0.4) is 0 Å². The minimum Gasteiger partial charge on any atom is -0.374 e. The lowest BCUT2D eigenvalue weighted by Crippen LogP contribution is -2.42. The van der Waals surface area contributed by atoms with Gasteiger partial charge in [-0.15, -0.1) is 4.91 Å². The van der Waals surface area contributed by atoms with Gasteiger partial charge in [-0.25, -0.2) is 4.68 Å². The first kappa shape index (κ1) is 11.2. The predicted octanol–water partition coefficient (Wildman–Crippen LogP) is 0.920. The molecule has 1 aliphatic rings. The van der Waals surface area contributed by atoms with E-state index in [2.05, 4.69) is 22.2 Å². The maximum Gasteiger partial charge on any atom is 0.195 e. The number of rotatable bonds is 3. The fourth-order valence-corrected chi connectivity index (χ4v) is 1.91. The largest absolute Gasteiger partial charge is 0.374 e. The van der Waals surface area contributed by atoms with E-state index in [-0.39, 0.29) is 6.10 Å². The van der Waals surface area contributed by atoms with Crippen LogP contribution in [0.4, 0.5) is 5.82 Å². The Labute approximate surface area is 94.2 Å². The third kappa shape index (κ3) is 2.45. The van der Waals surface area contributed by atoms with E-state index in [0.717, 1.165) is 25.4 Å². The summed E-state index contributed by atoms with van der Waals surface area (Å²) in [6.45, 7) is 4.97. The Bertz CT molecular complexity index is 377. The van der Waals surface area contributed by atoms with E-state index in [4.69, 9.17) is 4.74 Å². The molecule has 0 unspecified atom stereocenters. The van der Waals surface area contributed by atoms with Crippen LogP contribution in [0.5, 0.6) is 0 Å². The highest BCUT2D eigenvalue weighted by Gasteiger charge is 2.19. The van der Waals surface area contributed by atoms with Crippen molar-refractivity contribution < 1.29 is 4.74 Å². The molecule has 16 heavy (non-hydrogen) atoms. The van der Waals surface area contributed by atoms with Gasteiger partial charge in [-0.3, -0.25) is 0 Å². The van der Waals surface area contributed by atoms with Gasteiger partial charge in [0.25, 0.3) is 0 Å². The summed E-state index contributed by atoms with van der Waals surface area (Å²) in [5.74, 6) is 0.370. The lowest BCUT2D eigenvalue weighted by Gasteiger charge is -2.29. The minimum absolute atomic E-state index is 0.0820. The van der Waals surface area contributed by atoms with E-state index in [9.17, 15) is 4.91 Å². The summed E-state index contributed by atoms with van der Waals surface area (Å²) in [5.41, 5.74) is 0.804. The second kappa shape index (κ2) is 4.71. The molecule has 1 saturated heterocycles. The van der Waals surface area contributed by atoms with Crippen LogP contribution in [-0.2, 0) is 11.3 Å². The minimum atomic E-state index is 0.0820. The van der Waals surface area contributed by atoms with Crippen LogP contribution in [0.1, 0.15) is 5.69 Å². The summed E-state index contributed by atoms with van der Waals surface area (Å²) in [7, 11) is 2.06. The number of aromatic nitrogens is 2. The van der Waals surface area contributed by atoms with Gasteiger partial charge in [-0.1, -0.05) is 0 Å². The molecule has 1 fully saturated rings. The molecule has 2 heterocycles. The number of morpholine rings is 1. The Morgan fingerprint density at radius 3 is 3.19 bits per heavy atom. The Morgan fingerprint density at radius 2 is 2.50 bits per heavy atom. The molecule has 0 spiro atoms. The average Bonchev–Trinajstić information content (AvgIpc) is 2.59. The summed E-state index contributed by atoms with van der Waals surface area (Å²) < 4.78 is 7.23. The van der Waals surface area contributed by atoms with Crippen LogP contribution < -0.4 is 0 Å². The van der Waals surface area contributed by atoms with Crippen LogP contribution in [0.25, 0.3) is 0 Å². The molecule has 1 aromatic rings. The molecule has 0 aliphatic carbocycles. The highest BCUT2D eigenvalue weighted by molar-refractivity contribution is 5.29. The monoisotopic (exact) mass is 224 g/mol. The normalized spacial score (nSPS) is 22.2. The van der Waals surface area contributed by atoms with Gasteiger partial charge >= 0.3 is 0 Å². The molecule has 0 aromatic carbocycles. The van der Waals surface area contributed by atoms with E-state index in [1.54, 1.807) is 10.7 Å². The lowest BCUT2D eigenvalue weighted by molar-refractivity contribution is -0.0288. The van der Waals surface area contributed by atoms with Gasteiger partial charge < -0.3 is 9.64 Å². The van der Waals surface area contributed by atoms with Crippen molar-refractivity contribution in [2.75, 3.05) is 26.7 Å². The smallest absolute Gasteiger partial charge is 0.195 e. The molecule has 0 saturated carbocycles. The number of nitrogens with zero attached hydrogens (tertiary/aromatic N) is 4. The van der Waals surface area contributed by atoms with Crippen molar-refractivity contribution in [3.05, 3.63) is 16.7 Å². The number of hydrogen-bond acceptors (Lipinski definition) is 5. The summed E-state index contributed by atoms with van der Waals surface area (Å²) in [6.07, 6.45) is 0.0820. The van der Waals surface area contributed by atoms with E-state index in [1.807, 2.05) is 6.92 Å². The molecule has 0 N–H and O–H groups in total. The molecule has 1 aromatic heterocycles. The maximum atomic E-state index is 10.6. The fraction of sp³-hybridized carbons (Fsp3) is 0.700. The fourth-order valence-electron chi connectivity index (χ4n) is 1.91. The third-order valence-corrected chi connectivity index (χ3v) is 2.69. The Morgan fingerprint density at radius 1 is 1.69 bits per heavy atom. The van der Waals surface area contributed by atoms with Gasteiger partial charge in [-0.2, -0.15) is 5.10 Å². The average molecular weight is 224 g/mol. The number of ether oxygens (including phenoxy) is 1. The first-order valence-electron chi connectivity index (χ1n) is 5.37. The van der Waals surface area contributed by atoms with Crippen LogP contribution in [0.15, 0.2) is 11.2 Å². The Kier molecular flexibility index (Phi) is 3.31. The number of aryl methyl sites for hydroxylation is 1. The Balaban J connectivity index is 2.04. The molecule has 1 atom stereocenters. The van der Waals surface area contributed by atoms with Gasteiger partial charge in [0.15, 0.2) is 5.82 Å². The molecule has 88 valence electrons. The molecule has 0 amide bonds. The third-order valence-electron chi connectivity index (χ3n) is 2.69. The van der Waals surface area contributed by atoms with Crippen molar-refractivity contribution in [1.82, 2.24) is 14.7 Å². The number of hydrogen-bond donors (Lipinski definition) is 0. The van der Waals surface area contributed by atoms with Crippen molar-refractivity contribution in [3.8, 4) is 0 Å². The van der Waals surface area contributed by atoms with Gasteiger partial charge in [-0.05, 0) is 19.1 Å². The molecule has 6 nitrogen and oxygen atoms in total. The second-order valence-electron chi connectivity index (χ2n) is 4.17. The molecule has 6 heteroatoms. The van der Waals surface area contributed by atoms with E-state index in [1.165, 1.54) is 0 Å². The Hall–Kier alpha value is -1.27. The predicted molar refractivity (Wildman–Crippen MR) is 59.7 cm³/mol. The van der Waals surface area contributed by atoms with Crippen LogP contribution in [0.2, 0.25) is 0 Å². The lowest BCUT2D eigenvalue weighted by atomic mass is 10.3. The number of nitroso groups, excluding NO2 is 1. The van der Waals surface area contributed by atoms with Crippen molar-refractivity contribution in [2.45, 2.75) is 19.6 Å². The van der Waals surface area contributed by atoms with Gasteiger partial charge in [0, 0.05) is 19.2 Å². The van der Waals surface area contributed by atoms with Crippen LogP contribution in [-0.4, -0.2) is 47.5 Å². The standard InChI is InChI=1S/C10H16N4O2/c1-8-5-10(12-15)14(11-8)7-9-6-13(2)3-4-16-9/h5,9H,3-4,6-7H2,1-2H3/t9-/m0/s1. The van der Waals surface area contributed by atoms with Crippen molar-refractivity contribution in [1.29, 1.82) is 0 Å². The molecule has 0 radical (unpaired) electrons. The van der Waals surface area contributed by atoms with Crippen molar-refractivity contribution in [3.63, 3.8) is 0 Å². The zero-order valence-electron chi connectivity index (χ0n) is 9.59. The summed E-state index contributed by atoms with van der Waals surface area (Å²) in [6, 6.07) is 1.68. The van der Waals surface area contributed by atoms with Crippen LogP contribution >= 0.6 is 0 Å². The SMILES string of the molecule is Cc1cc(N=O)n(C[C@@H]2CN(C)CCO2)n1. The maximum absolute atomic E-state index is 10.6. The highest BCUT2D eigenvalue weighted by Crippen LogP contribution is 2.15. The molecular weight excluding hydrogens is 208 g/mol. The first-order valence-corrected chi connectivity index (χ1v) is 5.37. The van der Waals surface area contributed by atoms with Crippen LogP contribution in [0, 0.1) is 11.8 Å².